The summed E-state index contributed by atoms with van der Waals surface area (Å²) in [4.78, 5) is 20.9. The van der Waals surface area contributed by atoms with E-state index >= 15 is 0 Å². The van der Waals surface area contributed by atoms with Crippen LogP contribution in [0.1, 0.15) is 0 Å². The molecule has 4 heterocycles. The molecule has 0 spiro atoms. The van der Waals surface area contributed by atoms with Crippen LogP contribution in [0.2, 0.25) is 5.02 Å². The van der Waals surface area contributed by atoms with E-state index in [0.29, 0.717) is 22.5 Å². The van der Waals surface area contributed by atoms with E-state index in [2.05, 4.69) is 39.1 Å². The van der Waals surface area contributed by atoms with Crippen molar-refractivity contribution in [2.45, 2.75) is 0 Å². The normalized spacial score (nSPS) is 15.1. The van der Waals surface area contributed by atoms with Crippen LogP contribution in [0.3, 0.4) is 0 Å². The molecule has 10 heteroatoms. The van der Waals surface area contributed by atoms with E-state index in [0.717, 1.165) is 45.1 Å². The van der Waals surface area contributed by atoms with Crippen LogP contribution in [0.15, 0.2) is 42.9 Å². The van der Waals surface area contributed by atoms with Crippen LogP contribution in [0.5, 0.6) is 0 Å². The van der Waals surface area contributed by atoms with Crippen molar-refractivity contribution < 1.29 is 4.39 Å². The van der Waals surface area contributed by atoms with Crippen LogP contribution in [0, 0.1) is 5.82 Å². The number of halogens is 2. The van der Waals surface area contributed by atoms with E-state index in [1.54, 1.807) is 24.7 Å². The lowest BCUT2D eigenvalue weighted by Gasteiger charge is -2.35. The predicted octanol–water partition coefficient (Wildman–Crippen LogP) is 3.50. The Morgan fingerprint density at radius 2 is 1.91 bits per heavy atom. The van der Waals surface area contributed by atoms with Crippen molar-refractivity contribution in [3.05, 3.63) is 53.7 Å². The maximum Gasteiger partial charge on any atom is 0.166 e. The molecule has 1 saturated heterocycles. The topological polar surface area (TPSA) is 64.8 Å². The van der Waals surface area contributed by atoms with Gasteiger partial charge < -0.3 is 15.1 Å². The summed E-state index contributed by atoms with van der Waals surface area (Å²) in [6, 6.07) is 8.50. The third-order valence-electron chi connectivity index (χ3n) is 5.95. The second-order valence-corrected chi connectivity index (χ2v) is 8.88. The van der Waals surface area contributed by atoms with Crippen LogP contribution in [-0.4, -0.2) is 82.5 Å². The van der Waals surface area contributed by atoms with Gasteiger partial charge in [-0.3, -0.25) is 9.30 Å². The molecule has 8 nitrogen and oxygen atoms in total. The van der Waals surface area contributed by atoms with Crippen LogP contribution in [-0.2, 0) is 0 Å². The molecule has 5 rings (SSSR count). The van der Waals surface area contributed by atoms with E-state index in [-0.39, 0.29) is 10.7 Å². The fraction of sp³-hybridized carbons (Fsp3) is 0.348. The van der Waals surface area contributed by atoms with Gasteiger partial charge >= 0.3 is 0 Å². The first-order chi connectivity index (χ1) is 16.0. The van der Waals surface area contributed by atoms with Gasteiger partial charge in [0.15, 0.2) is 11.5 Å². The second-order valence-electron chi connectivity index (χ2n) is 8.48. The smallest absolute Gasteiger partial charge is 0.166 e. The Kier molecular flexibility index (Phi) is 6.01. The molecule has 1 aliphatic heterocycles. The molecule has 0 unspecified atom stereocenters. The zero-order chi connectivity index (χ0) is 22.9. The Hall–Kier alpha value is -3.01. The number of nitrogens with zero attached hydrogens (tertiary/aromatic N) is 7. The SMILES string of the molecule is CN(C)CCN1CCN(c2ccc3nc(Nc4c(F)cccc4Cl)c4cncn4c3n2)CC1. The zero-order valence-electron chi connectivity index (χ0n) is 18.7. The van der Waals surface area contributed by atoms with Crippen molar-refractivity contribution in [1.29, 1.82) is 0 Å². The molecule has 33 heavy (non-hydrogen) atoms. The largest absolute Gasteiger partial charge is 0.354 e. The minimum absolute atomic E-state index is 0.186. The lowest BCUT2D eigenvalue weighted by Crippen LogP contribution is -2.48. The molecular weight excluding hydrogens is 443 g/mol. The van der Waals surface area contributed by atoms with Gasteiger partial charge in [-0.2, -0.15) is 0 Å². The summed E-state index contributed by atoms with van der Waals surface area (Å²) in [7, 11) is 4.21. The van der Waals surface area contributed by atoms with Crippen LogP contribution >= 0.6 is 11.6 Å². The highest BCUT2D eigenvalue weighted by molar-refractivity contribution is 6.33. The number of rotatable bonds is 6. The number of nitrogens with one attached hydrogen (secondary N) is 1. The van der Waals surface area contributed by atoms with Crippen molar-refractivity contribution >= 4 is 45.6 Å². The number of imidazole rings is 1. The van der Waals surface area contributed by atoms with Gasteiger partial charge in [-0.15, -0.1) is 0 Å². The van der Waals surface area contributed by atoms with Crippen molar-refractivity contribution in [2.75, 3.05) is 63.6 Å². The second kappa shape index (κ2) is 9.09. The quantitative estimate of drug-likeness (QED) is 0.464. The van der Waals surface area contributed by atoms with Gasteiger partial charge in [0.1, 0.15) is 29.0 Å². The van der Waals surface area contributed by atoms with Crippen molar-refractivity contribution in [2.24, 2.45) is 0 Å². The molecule has 1 aromatic carbocycles. The number of pyridine rings is 1. The molecule has 0 radical (unpaired) electrons. The van der Waals surface area contributed by atoms with E-state index in [1.807, 2.05) is 16.5 Å². The summed E-state index contributed by atoms with van der Waals surface area (Å²) in [5, 5.41) is 3.32. The standard InChI is InChI=1S/C23H26ClFN8/c1-30(2)8-9-31-10-12-32(13-11-31)20-7-6-18-23(28-20)33-15-26-14-19(33)22(27-18)29-21-16(24)4-3-5-17(21)25/h3-7,14-15H,8-13H2,1-2H3,(H,27,29). The summed E-state index contributed by atoms with van der Waals surface area (Å²) >= 11 is 6.20. The highest BCUT2D eigenvalue weighted by Gasteiger charge is 2.20. The molecule has 3 aromatic heterocycles. The molecule has 0 saturated carbocycles. The minimum atomic E-state index is -0.444. The maximum absolute atomic E-state index is 14.3. The van der Waals surface area contributed by atoms with Crippen LogP contribution in [0.25, 0.3) is 16.7 Å². The number of fused-ring (bicyclic) bond motifs is 3. The van der Waals surface area contributed by atoms with E-state index < -0.39 is 5.82 Å². The summed E-state index contributed by atoms with van der Waals surface area (Å²) in [6.45, 7) is 6.02. The van der Waals surface area contributed by atoms with E-state index in [1.165, 1.54) is 6.07 Å². The monoisotopic (exact) mass is 468 g/mol. The number of hydrogen-bond acceptors (Lipinski definition) is 7. The van der Waals surface area contributed by atoms with Gasteiger partial charge in [0.25, 0.3) is 0 Å². The van der Waals surface area contributed by atoms with Gasteiger partial charge in [0.05, 0.1) is 16.9 Å². The Morgan fingerprint density at radius 1 is 1.09 bits per heavy atom. The average Bonchev–Trinajstić information content (AvgIpc) is 3.31. The molecule has 1 fully saturated rings. The highest BCUT2D eigenvalue weighted by Crippen LogP contribution is 2.31. The zero-order valence-corrected chi connectivity index (χ0v) is 19.4. The van der Waals surface area contributed by atoms with Crippen LogP contribution in [0.4, 0.5) is 21.7 Å². The number of aromatic nitrogens is 4. The number of anilines is 3. The first-order valence-electron chi connectivity index (χ1n) is 11.0. The van der Waals surface area contributed by atoms with Crippen LogP contribution < -0.4 is 10.2 Å². The van der Waals surface area contributed by atoms with Gasteiger partial charge in [0.2, 0.25) is 0 Å². The first-order valence-corrected chi connectivity index (χ1v) is 11.3. The number of benzene rings is 1. The molecule has 0 amide bonds. The Bertz CT molecular complexity index is 1260. The lowest BCUT2D eigenvalue weighted by atomic mass is 10.3. The summed E-state index contributed by atoms with van der Waals surface area (Å²) in [5.74, 6) is 0.945. The van der Waals surface area contributed by atoms with Gasteiger partial charge in [-0.25, -0.2) is 19.3 Å². The summed E-state index contributed by atoms with van der Waals surface area (Å²) in [6.07, 6.45) is 3.38. The Balaban J connectivity index is 1.43. The fourth-order valence-corrected chi connectivity index (χ4v) is 4.27. The number of hydrogen-bond donors (Lipinski definition) is 1. The molecule has 1 aliphatic rings. The predicted molar refractivity (Wildman–Crippen MR) is 130 cm³/mol. The molecule has 172 valence electrons. The minimum Gasteiger partial charge on any atom is -0.354 e. The van der Waals surface area contributed by atoms with Gasteiger partial charge in [-0.05, 0) is 38.4 Å². The first kappa shape index (κ1) is 21.8. The molecular formula is C23H26ClFN8. The molecule has 0 atom stereocenters. The molecule has 0 bridgehead atoms. The van der Waals surface area contributed by atoms with E-state index in [4.69, 9.17) is 21.6 Å². The van der Waals surface area contributed by atoms with Gasteiger partial charge in [-0.1, -0.05) is 17.7 Å². The average molecular weight is 469 g/mol. The number of piperazine rings is 1. The maximum atomic E-state index is 14.3. The highest BCUT2D eigenvalue weighted by atomic mass is 35.5. The number of likely N-dealkylation sites (N-methyl/N-ethyl adjacent to an activating group) is 1. The van der Waals surface area contributed by atoms with Crippen molar-refractivity contribution in [3.63, 3.8) is 0 Å². The summed E-state index contributed by atoms with van der Waals surface area (Å²) in [5.41, 5.74) is 2.27. The van der Waals surface area contributed by atoms with E-state index in [9.17, 15) is 4.39 Å². The molecule has 1 N–H and O–H groups in total. The number of para-hydroxylation sites is 1. The molecule has 0 aliphatic carbocycles. The van der Waals surface area contributed by atoms with Crippen molar-refractivity contribution in [1.82, 2.24) is 29.2 Å². The lowest BCUT2D eigenvalue weighted by molar-refractivity contribution is 0.229. The van der Waals surface area contributed by atoms with Gasteiger partial charge in [0, 0.05) is 39.3 Å². The third-order valence-corrected chi connectivity index (χ3v) is 6.26. The summed E-state index contributed by atoms with van der Waals surface area (Å²) < 4.78 is 16.2. The fourth-order valence-electron chi connectivity index (χ4n) is 4.06. The molecule has 4 aromatic rings. The Labute approximate surface area is 196 Å². The third kappa shape index (κ3) is 4.44. The Morgan fingerprint density at radius 3 is 2.67 bits per heavy atom. The van der Waals surface area contributed by atoms with Crippen molar-refractivity contribution in [3.8, 4) is 0 Å².